The fourth-order valence-electron chi connectivity index (χ4n) is 6.00. The second-order valence-electron chi connectivity index (χ2n) is 9.78. The highest BCUT2D eigenvalue weighted by Gasteiger charge is 2.48. The number of esters is 1. The Hall–Kier alpha value is -3.00. The number of benzene rings is 1. The third-order valence-electron chi connectivity index (χ3n) is 7.68. The maximum Gasteiger partial charge on any atom is 0.309 e. The van der Waals surface area contributed by atoms with E-state index in [4.69, 9.17) is 19.9 Å². The number of ether oxygens (including phenoxy) is 2. The number of nitrogens with zero attached hydrogens (tertiary/aromatic N) is 3. The Morgan fingerprint density at radius 2 is 2.00 bits per heavy atom. The molecule has 1 saturated carbocycles. The fraction of sp³-hybridized carbons (Fsp3) is 0.538. The quantitative estimate of drug-likeness (QED) is 0.491. The molecule has 2 aliphatic heterocycles. The summed E-state index contributed by atoms with van der Waals surface area (Å²) in [6.45, 7) is 6.42. The molecule has 3 heterocycles. The van der Waals surface area contributed by atoms with Gasteiger partial charge in [0.15, 0.2) is 0 Å². The normalized spacial score (nSPS) is 24.3. The van der Waals surface area contributed by atoms with Crippen LogP contribution in [0.15, 0.2) is 18.2 Å². The maximum atomic E-state index is 12.1. The van der Waals surface area contributed by atoms with Crippen LogP contribution >= 0.6 is 0 Å². The predicted octanol–water partition coefficient (Wildman–Crippen LogP) is 4.12. The van der Waals surface area contributed by atoms with Crippen molar-refractivity contribution in [3.05, 3.63) is 40.7 Å². The molecule has 2 N–H and O–H groups in total. The molecule has 180 valence electrons. The van der Waals surface area contributed by atoms with E-state index in [0.29, 0.717) is 23.7 Å². The molecule has 3 aliphatic rings. The minimum Gasteiger partial charge on any atom is -0.469 e. The monoisotopic (exact) mass is 463 g/mol. The first kappa shape index (κ1) is 22.8. The number of aromatic nitrogens is 2. The van der Waals surface area contributed by atoms with Crippen LogP contribution < -0.4 is 10.2 Å². The van der Waals surface area contributed by atoms with Crippen LogP contribution in [-0.4, -0.2) is 55.1 Å². The molecule has 5 rings (SSSR count). The average molecular weight is 464 g/mol. The van der Waals surface area contributed by atoms with Gasteiger partial charge in [-0.25, -0.2) is 9.97 Å². The topological polar surface area (TPSA) is 100 Å². The Balaban J connectivity index is 1.40. The highest BCUT2D eigenvalue weighted by molar-refractivity contribution is 5.88. The summed E-state index contributed by atoms with van der Waals surface area (Å²) >= 11 is 0. The molecule has 3 atom stereocenters. The molecule has 0 radical (unpaired) electrons. The summed E-state index contributed by atoms with van der Waals surface area (Å²) in [4.78, 5) is 23.7. The molecule has 8 heteroatoms. The Morgan fingerprint density at radius 3 is 2.68 bits per heavy atom. The van der Waals surface area contributed by atoms with Gasteiger partial charge in [-0.15, -0.1) is 0 Å². The van der Waals surface area contributed by atoms with E-state index in [1.165, 1.54) is 24.5 Å². The Kier molecular flexibility index (Phi) is 6.25. The van der Waals surface area contributed by atoms with Gasteiger partial charge in [0, 0.05) is 49.3 Å². The van der Waals surface area contributed by atoms with E-state index in [1.54, 1.807) is 0 Å². The number of methoxy groups -OCH3 is 1. The van der Waals surface area contributed by atoms with Crippen molar-refractivity contribution >= 4 is 29.5 Å². The molecule has 3 fully saturated rings. The van der Waals surface area contributed by atoms with Gasteiger partial charge in [-0.2, -0.15) is 0 Å². The number of rotatable bonds is 6. The van der Waals surface area contributed by atoms with Gasteiger partial charge in [0.2, 0.25) is 0 Å². The van der Waals surface area contributed by atoms with Crippen LogP contribution in [0.1, 0.15) is 54.1 Å². The van der Waals surface area contributed by atoms with E-state index >= 15 is 0 Å². The van der Waals surface area contributed by atoms with E-state index < -0.39 is 0 Å². The molecule has 2 saturated heterocycles. The lowest BCUT2D eigenvalue weighted by molar-refractivity contribution is -0.146. The Bertz CT molecular complexity index is 1100. The number of piperidine rings is 1. The number of carbonyl (C=O) groups excluding carboxylic acids is 1. The van der Waals surface area contributed by atoms with Gasteiger partial charge < -0.3 is 25.1 Å². The van der Waals surface area contributed by atoms with Crippen LogP contribution in [0.2, 0.25) is 0 Å². The van der Waals surface area contributed by atoms with Crippen LogP contribution in [0, 0.1) is 31.1 Å². The summed E-state index contributed by atoms with van der Waals surface area (Å²) in [6.07, 6.45) is 5.24. The number of fused-ring (bicyclic) bond motifs is 2. The molecule has 1 aliphatic carbocycles. The Labute approximate surface area is 200 Å². The van der Waals surface area contributed by atoms with Crippen LogP contribution in [0.5, 0.6) is 0 Å². The van der Waals surface area contributed by atoms with Crippen molar-refractivity contribution in [3.8, 4) is 0 Å². The van der Waals surface area contributed by atoms with Gasteiger partial charge in [-0.05, 0) is 74.6 Å². The van der Waals surface area contributed by atoms with Crippen molar-refractivity contribution in [1.29, 1.82) is 5.41 Å². The number of nitrogens with one attached hydrogen (secondary N) is 2. The van der Waals surface area contributed by atoms with Crippen molar-refractivity contribution in [3.63, 3.8) is 0 Å². The lowest BCUT2D eigenvalue weighted by Crippen LogP contribution is -2.38. The first-order chi connectivity index (χ1) is 16.5. The van der Waals surface area contributed by atoms with Crippen molar-refractivity contribution in [2.45, 2.75) is 51.5 Å². The summed E-state index contributed by atoms with van der Waals surface area (Å²) < 4.78 is 10.6. The molecule has 2 aromatic rings. The lowest BCUT2D eigenvalue weighted by atomic mass is 9.87. The van der Waals surface area contributed by atoms with Gasteiger partial charge in [-0.3, -0.25) is 4.79 Å². The molecule has 8 nitrogen and oxygen atoms in total. The zero-order chi connectivity index (χ0) is 23.8. The standard InChI is InChI=1S/C26H33N5O3/c1-15-8-18(13-27)23(11-21(15)17-4-6-34-7-5-17)30-24-12-25(29-16(2)28-24)31-14-19-9-20(31)10-22(19)26(32)33-3/h8,11-13,17,19-20,22,27H,4-7,9-10,14H2,1-3H3,(H,28,29,30). The second-order valence-corrected chi connectivity index (χ2v) is 9.78. The molecule has 2 bridgehead atoms. The maximum absolute atomic E-state index is 12.1. The van der Waals surface area contributed by atoms with Crippen LogP contribution in [0.3, 0.4) is 0 Å². The van der Waals surface area contributed by atoms with Crippen molar-refractivity contribution < 1.29 is 14.3 Å². The minimum atomic E-state index is -0.0905. The largest absolute Gasteiger partial charge is 0.469 e. The number of anilines is 3. The number of hydrogen-bond acceptors (Lipinski definition) is 8. The summed E-state index contributed by atoms with van der Waals surface area (Å²) in [5, 5.41) is 11.4. The summed E-state index contributed by atoms with van der Waals surface area (Å²) in [6, 6.07) is 6.55. The molecule has 1 aromatic heterocycles. The van der Waals surface area contributed by atoms with Gasteiger partial charge in [-0.1, -0.05) is 0 Å². The first-order valence-corrected chi connectivity index (χ1v) is 12.2. The molecule has 0 spiro atoms. The molecular formula is C26H33N5O3. The summed E-state index contributed by atoms with van der Waals surface area (Å²) in [7, 11) is 1.47. The van der Waals surface area contributed by atoms with E-state index in [1.807, 2.05) is 13.0 Å². The van der Waals surface area contributed by atoms with E-state index in [-0.39, 0.29) is 11.9 Å². The highest BCUT2D eigenvalue weighted by Crippen LogP contribution is 2.44. The van der Waals surface area contributed by atoms with Gasteiger partial charge in [0.05, 0.1) is 13.0 Å². The molecule has 0 amide bonds. The fourth-order valence-corrected chi connectivity index (χ4v) is 6.00. The smallest absolute Gasteiger partial charge is 0.309 e. The van der Waals surface area contributed by atoms with E-state index in [9.17, 15) is 4.79 Å². The summed E-state index contributed by atoms with van der Waals surface area (Å²) in [5.41, 5.74) is 4.25. The second kappa shape index (κ2) is 9.33. The third kappa shape index (κ3) is 4.27. The SMILES string of the molecule is COC(=O)C1CC2CC1CN2c1cc(Nc2cc(C3CCOCC3)c(C)cc2C=N)nc(C)n1. The highest BCUT2D eigenvalue weighted by atomic mass is 16.5. The number of hydrogen-bond donors (Lipinski definition) is 2. The third-order valence-corrected chi connectivity index (χ3v) is 7.68. The molecular weight excluding hydrogens is 430 g/mol. The lowest BCUT2D eigenvalue weighted by Gasteiger charge is -2.31. The molecule has 1 aromatic carbocycles. The molecule has 3 unspecified atom stereocenters. The van der Waals surface area contributed by atoms with Gasteiger partial charge >= 0.3 is 5.97 Å². The first-order valence-electron chi connectivity index (χ1n) is 12.2. The van der Waals surface area contributed by atoms with Crippen molar-refractivity contribution in [1.82, 2.24) is 9.97 Å². The van der Waals surface area contributed by atoms with Crippen LogP contribution in [0.25, 0.3) is 0 Å². The van der Waals surface area contributed by atoms with E-state index in [0.717, 1.165) is 68.3 Å². The predicted molar refractivity (Wildman–Crippen MR) is 131 cm³/mol. The average Bonchev–Trinajstić information content (AvgIpc) is 3.46. The molecule has 34 heavy (non-hydrogen) atoms. The minimum absolute atomic E-state index is 0.00176. The van der Waals surface area contributed by atoms with Gasteiger partial charge in [0.25, 0.3) is 0 Å². The van der Waals surface area contributed by atoms with Crippen molar-refractivity contribution in [2.24, 2.45) is 11.8 Å². The van der Waals surface area contributed by atoms with E-state index in [2.05, 4.69) is 34.3 Å². The summed E-state index contributed by atoms with van der Waals surface area (Å²) in [5.74, 6) is 3.00. The zero-order valence-electron chi connectivity index (χ0n) is 20.1. The van der Waals surface area contributed by atoms with Crippen LogP contribution in [0.4, 0.5) is 17.3 Å². The zero-order valence-corrected chi connectivity index (χ0v) is 20.1. The number of carbonyl (C=O) groups is 1. The van der Waals surface area contributed by atoms with Crippen LogP contribution in [-0.2, 0) is 14.3 Å². The number of aryl methyl sites for hydroxylation is 2. The van der Waals surface area contributed by atoms with Gasteiger partial charge in [0.1, 0.15) is 17.5 Å². The van der Waals surface area contributed by atoms with Crippen molar-refractivity contribution in [2.75, 3.05) is 37.1 Å². The Morgan fingerprint density at radius 1 is 1.21 bits per heavy atom.